The molecule has 2 bridgehead atoms. The van der Waals surface area contributed by atoms with Gasteiger partial charge in [-0.1, -0.05) is 64.5 Å². The summed E-state index contributed by atoms with van der Waals surface area (Å²) in [6.07, 6.45) is 7.41. The van der Waals surface area contributed by atoms with Gasteiger partial charge in [0.2, 0.25) is 0 Å². The third kappa shape index (κ3) is 10.1. The number of rotatable bonds is 9. The molecule has 6 heterocycles. The second-order valence-corrected chi connectivity index (χ2v) is 19.6. The van der Waals surface area contributed by atoms with Crippen molar-refractivity contribution in [2.75, 3.05) is 20.8 Å². The fourth-order valence-electron chi connectivity index (χ4n) is 11.2. The minimum absolute atomic E-state index is 0.00758. The van der Waals surface area contributed by atoms with Gasteiger partial charge in [-0.25, -0.2) is 0 Å². The highest BCUT2D eigenvalue weighted by atomic mass is 16.7. The maximum Gasteiger partial charge on any atom is 0.316 e. The summed E-state index contributed by atoms with van der Waals surface area (Å²) in [5.74, 6) is -2.05. The fraction of sp³-hybridized carbons (Fsp3) is 0.816. The van der Waals surface area contributed by atoms with Crippen LogP contribution in [-0.4, -0.2) is 139 Å². The molecule has 1 spiro atoms. The SMILES string of the molecule is CC[C@H]1/C=C/C=C2\CO[C@@H]3[C@H](O)C(C)=C[C@@H](C(=O)O[C@H]4C[C@@H](C/C=C(\C)[C@H]1O[C@H]1C[C@H](OC)[C@@H](O[C@H]5C[C@H](OC)[C@@H](O)[C@H](C)O5)[C@H](C)O1)O[C@@]1(CC[C@H](C)[C@@H]([C@@H](C)CC)O1)C4)[C@]23O. The van der Waals surface area contributed by atoms with Crippen LogP contribution in [0.3, 0.4) is 0 Å². The normalized spacial score (nSPS) is 48.8. The lowest BCUT2D eigenvalue weighted by Gasteiger charge is -2.51. The largest absolute Gasteiger partial charge is 0.462 e. The number of carbonyl (C=O) groups is 1. The van der Waals surface area contributed by atoms with Gasteiger partial charge >= 0.3 is 5.97 Å². The predicted molar refractivity (Wildman–Crippen MR) is 232 cm³/mol. The Hall–Kier alpha value is -2.05. The maximum atomic E-state index is 14.4. The number of fused-ring (bicyclic) bond motifs is 2. The zero-order valence-electron chi connectivity index (χ0n) is 39.2. The molecule has 6 aliphatic heterocycles. The lowest BCUT2D eigenvalue weighted by molar-refractivity contribution is -0.340. The third-order valence-corrected chi connectivity index (χ3v) is 15.3. The highest BCUT2D eigenvalue weighted by Gasteiger charge is 2.60. The first-order chi connectivity index (χ1) is 30.0. The molecule has 3 N–H and O–H groups in total. The van der Waals surface area contributed by atoms with Gasteiger partial charge in [-0.15, -0.1) is 0 Å². The van der Waals surface area contributed by atoms with E-state index < -0.39 is 90.8 Å². The number of carbonyl (C=O) groups excluding carboxylic acids is 1. The Balaban J connectivity index is 1.19. The number of hydrogen-bond acceptors (Lipinski definition) is 14. The van der Waals surface area contributed by atoms with Crippen molar-refractivity contribution in [3.8, 4) is 0 Å². The molecule has 5 fully saturated rings. The molecular formula is C49H76O14. The molecule has 63 heavy (non-hydrogen) atoms. The summed E-state index contributed by atoms with van der Waals surface area (Å²) in [6.45, 7) is 16.4. The van der Waals surface area contributed by atoms with E-state index in [2.05, 4.69) is 46.8 Å². The van der Waals surface area contributed by atoms with Gasteiger partial charge in [0.05, 0.1) is 49.3 Å². The summed E-state index contributed by atoms with van der Waals surface area (Å²) < 4.78 is 64.2. The van der Waals surface area contributed by atoms with E-state index in [0.29, 0.717) is 67.9 Å². The molecule has 0 aromatic heterocycles. The van der Waals surface area contributed by atoms with Gasteiger partial charge in [-0.05, 0) is 75.5 Å². The van der Waals surface area contributed by atoms with Crippen LogP contribution in [-0.2, 0) is 52.2 Å². The molecule has 14 heteroatoms. The van der Waals surface area contributed by atoms with Crippen molar-refractivity contribution in [1.29, 1.82) is 0 Å². The number of ether oxygens (including phenoxy) is 10. The van der Waals surface area contributed by atoms with Gasteiger partial charge in [-0.2, -0.15) is 0 Å². The summed E-state index contributed by atoms with van der Waals surface area (Å²) in [4.78, 5) is 14.4. The Bertz CT molecular complexity index is 1690. The molecule has 14 nitrogen and oxygen atoms in total. The van der Waals surface area contributed by atoms with Gasteiger partial charge in [0.15, 0.2) is 18.4 Å². The summed E-state index contributed by atoms with van der Waals surface area (Å²) in [5, 5.41) is 34.4. The first kappa shape index (κ1) is 48.9. The summed E-state index contributed by atoms with van der Waals surface area (Å²) in [7, 11) is 3.24. The van der Waals surface area contributed by atoms with E-state index in [4.69, 9.17) is 47.4 Å². The lowest BCUT2D eigenvalue weighted by Crippen LogP contribution is -2.58. The number of methoxy groups -OCH3 is 2. The van der Waals surface area contributed by atoms with Crippen molar-refractivity contribution in [3.05, 3.63) is 47.1 Å². The maximum absolute atomic E-state index is 14.4. The van der Waals surface area contributed by atoms with Crippen molar-refractivity contribution in [3.63, 3.8) is 0 Å². The van der Waals surface area contributed by atoms with Crippen LogP contribution < -0.4 is 0 Å². The zero-order valence-corrected chi connectivity index (χ0v) is 39.2. The minimum Gasteiger partial charge on any atom is -0.462 e. The molecule has 0 radical (unpaired) electrons. The number of esters is 1. The summed E-state index contributed by atoms with van der Waals surface area (Å²) in [6, 6.07) is 0. The topological polar surface area (TPSA) is 170 Å². The summed E-state index contributed by atoms with van der Waals surface area (Å²) >= 11 is 0. The van der Waals surface area contributed by atoms with Crippen LogP contribution in [0.2, 0.25) is 0 Å². The Morgan fingerprint density at radius 2 is 1.63 bits per heavy atom. The number of allylic oxidation sites excluding steroid dienone is 2. The predicted octanol–water partition coefficient (Wildman–Crippen LogP) is 5.99. The van der Waals surface area contributed by atoms with Crippen molar-refractivity contribution in [1.82, 2.24) is 0 Å². The van der Waals surface area contributed by atoms with E-state index in [9.17, 15) is 20.1 Å². The third-order valence-electron chi connectivity index (χ3n) is 15.3. The molecular weight excluding hydrogens is 813 g/mol. The first-order valence-electron chi connectivity index (χ1n) is 23.7. The van der Waals surface area contributed by atoms with E-state index in [0.717, 1.165) is 18.4 Å². The Morgan fingerprint density at radius 1 is 0.921 bits per heavy atom. The number of hydrogen-bond donors (Lipinski definition) is 3. The Kier molecular flexibility index (Phi) is 15.9. The van der Waals surface area contributed by atoms with Crippen LogP contribution in [0.25, 0.3) is 0 Å². The van der Waals surface area contributed by atoms with Crippen LogP contribution in [0.5, 0.6) is 0 Å². The molecule has 0 saturated carbocycles. The average molecular weight is 889 g/mol. The minimum atomic E-state index is -1.82. The number of aliphatic hydroxyl groups is 3. The molecule has 7 aliphatic rings. The van der Waals surface area contributed by atoms with Crippen molar-refractivity contribution >= 4 is 5.97 Å². The summed E-state index contributed by atoms with van der Waals surface area (Å²) in [5.41, 5.74) is 0.214. The number of aliphatic hydroxyl groups excluding tert-OH is 2. The van der Waals surface area contributed by atoms with Gasteiger partial charge in [0.1, 0.15) is 42.0 Å². The second kappa shape index (κ2) is 20.4. The van der Waals surface area contributed by atoms with Crippen LogP contribution >= 0.6 is 0 Å². The van der Waals surface area contributed by atoms with Crippen LogP contribution in [0, 0.1) is 23.7 Å². The highest BCUT2D eigenvalue weighted by molar-refractivity contribution is 5.78. The van der Waals surface area contributed by atoms with E-state index in [1.807, 2.05) is 13.0 Å². The zero-order chi connectivity index (χ0) is 45.4. The highest BCUT2D eigenvalue weighted by Crippen LogP contribution is 2.48. The van der Waals surface area contributed by atoms with Gasteiger partial charge in [0.25, 0.3) is 0 Å². The fourth-order valence-corrected chi connectivity index (χ4v) is 11.2. The molecule has 1 aliphatic carbocycles. The van der Waals surface area contributed by atoms with Gasteiger partial charge in [0, 0.05) is 52.2 Å². The Labute approximate surface area is 374 Å². The van der Waals surface area contributed by atoms with E-state index >= 15 is 0 Å². The first-order valence-corrected chi connectivity index (χ1v) is 23.7. The Morgan fingerprint density at radius 3 is 2.35 bits per heavy atom. The van der Waals surface area contributed by atoms with Gasteiger partial charge < -0.3 is 62.7 Å². The molecule has 0 unspecified atom stereocenters. The molecule has 0 aromatic carbocycles. The molecule has 0 amide bonds. The quantitative estimate of drug-likeness (QED) is 0.182. The van der Waals surface area contributed by atoms with Gasteiger partial charge in [-0.3, -0.25) is 4.79 Å². The molecule has 20 atom stereocenters. The van der Waals surface area contributed by atoms with Crippen LogP contribution in [0.1, 0.15) is 113 Å². The smallest absolute Gasteiger partial charge is 0.316 e. The molecule has 5 saturated heterocycles. The van der Waals surface area contributed by atoms with Crippen molar-refractivity contribution in [2.24, 2.45) is 23.7 Å². The van der Waals surface area contributed by atoms with Crippen molar-refractivity contribution < 1.29 is 67.5 Å². The van der Waals surface area contributed by atoms with E-state index in [-0.39, 0.29) is 30.8 Å². The monoisotopic (exact) mass is 889 g/mol. The molecule has 356 valence electrons. The van der Waals surface area contributed by atoms with E-state index in [1.54, 1.807) is 40.2 Å². The van der Waals surface area contributed by atoms with Crippen LogP contribution in [0.4, 0.5) is 0 Å². The van der Waals surface area contributed by atoms with Crippen LogP contribution in [0.15, 0.2) is 47.1 Å². The van der Waals surface area contributed by atoms with E-state index in [1.165, 1.54) is 0 Å². The van der Waals surface area contributed by atoms with Crippen molar-refractivity contribution in [2.45, 2.75) is 210 Å². The average Bonchev–Trinajstić information content (AvgIpc) is 3.60. The molecule has 0 aromatic rings. The second-order valence-electron chi connectivity index (χ2n) is 19.6. The standard InChI is InChI=1S/C49H76O14/c1-11-26(3)43-28(5)18-19-48(63-43)24-35-21-34(62-48)17-16-27(4)44(60-40-23-38(55-10)45(31(8)58-40)61-39-22-37(54-9)42(51)30(7)57-39)32(12-2)14-13-15-33-25-56-46-41(50)29(6)20-36(47(52)59-35)49(33,46)53/h13-16,20,26,28,30-32,34-46,50-51,53H,11-12,17-19,21-25H2,1-10H3/b14-13+,27-16+,33-15+/t26-,28-,30-,31-,32-,34+,35-,36-,37-,38-,39-,40-,41+,42-,43+,44+,45-,46+,48+,49+/m0/s1. The molecule has 7 rings (SSSR count). The lowest BCUT2D eigenvalue weighted by atomic mass is 9.71.